The zero-order valence-corrected chi connectivity index (χ0v) is 19.6. The SMILES string of the molecule is CC(C)(C)C1=CC(=CC=C2C=C(c3ccccc3)C(=O)c3ccccc32)c2ccccc2C1=O. The van der Waals surface area contributed by atoms with Crippen LogP contribution in [-0.2, 0) is 0 Å². The minimum Gasteiger partial charge on any atom is -0.289 e. The van der Waals surface area contributed by atoms with Crippen molar-refractivity contribution < 1.29 is 9.59 Å². The van der Waals surface area contributed by atoms with Crippen LogP contribution in [0.4, 0.5) is 0 Å². The van der Waals surface area contributed by atoms with E-state index in [0.29, 0.717) is 11.1 Å². The number of benzene rings is 3. The first-order valence-electron chi connectivity index (χ1n) is 11.5. The number of fused-ring (bicyclic) bond motifs is 2. The molecule has 166 valence electrons. The van der Waals surface area contributed by atoms with Crippen LogP contribution in [-0.4, -0.2) is 11.6 Å². The fraction of sp³-hybridized carbons (Fsp3) is 0.125. The maximum Gasteiger partial charge on any atom is 0.194 e. The number of allylic oxidation sites excluding steroid dienone is 8. The second-order valence-corrected chi connectivity index (χ2v) is 9.73. The summed E-state index contributed by atoms with van der Waals surface area (Å²) in [5.41, 5.74) is 7.40. The van der Waals surface area contributed by atoms with E-state index in [2.05, 4.69) is 32.9 Å². The monoisotopic (exact) mass is 442 g/mol. The van der Waals surface area contributed by atoms with Crippen molar-refractivity contribution in [2.24, 2.45) is 5.41 Å². The minimum atomic E-state index is -0.263. The van der Waals surface area contributed by atoms with E-state index in [1.165, 1.54) is 0 Å². The number of hydrogen-bond donors (Lipinski definition) is 0. The van der Waals surface area contributed by atoms with Crippen LogP contribution in [0.3, 0.4) is 0 Å². The van der Waals surface area contributed by atoms with Gasteiger partial charge in [-0.1, -0.05) is 112 Å². The molecule has 3 aromatic rings. The Morgan fingerprint density at radius 3 is 1.59 bits per heavy atom. The highest BCUT2D eigenvalue weighted by Crippen LogP contribution is 2.38. The lowest BCUT2D eigenvalue weighted by Crippen LogP contribution is -2.22. The van der Waals surface area contributed by atoms with Crippen LogP contribution >= 0.6 is 0 Å². The third-order valence-corrected chi connectivity index (χ3v) is 6.39. The molecule has 0 fully saturated rings. The van der Waals surface area contributed by atoms with Crippen molar-refractivity contribution in [3.8, 4) is 0 Å². The summed E-state index contributed by atoms with van der Waals surface area (Å²) in [6.45, 7) is 6.20. The Labute approximate surface area is 200 Å². The van der Waals surface area contributed by atoms with E-state index >= 15 is 0 Å². The molecule has 0 saturated carbocycles. The highest BCUT2D eigenvalue weighted by atomic mass is 16.1. The molecule has 0 bridgehead atoms. The van der Waals surface area contributed by atoms with Crippen molar-refractivity contribution in [3.05, 3.63) is 137 Å². The Morgan fingerprint density at radius 2 is 1.03 bits per heavy atom. The van der Waals surface area contributed by atoms with Gasteiger partial charge in [0.25, 0.3) is 0 Å². The highest BCUT2D eigenvalue weighted by Gasteiger charge is 2.30. The summed E-state index contributed by atoms with van der Waals surface area (Å²) in [5, 5.41) is 0. The fourth-order valence-corrected chi connectivity index (χ4v) is 4.60. The second kappa shape index (κ2) is 8.39. The first-order valence-corrected chi connectivity index (χ1v) is 11.5. The molecule has 2 heteroatoms. The molecule has 3 aromatic carbocycles. The maximum absolute atomic E-state index is 13.3. The van der Waals surface area contributed by atoms with Crippen LogP contribution in [0.25, 0.3) is 16.7 Å². The van der Waals surface area contributed by atoms with E-state index in [1.807, 2.05) is 91.0 Å². The van der Waals surface area contributed by atoms with Crippen molar-refractivity contribution in [2.45, 2.75) is 20.8 Å². The average molecular weight is 443 g/mol. The van der Waals surface area contributed by atoms with Gasteiger partial charge in [-0.05, 0) is 45.4 Å². The largest absolute Gasteiger partial charge is 0.289 e. The number of carbonyl (C=O) groups is 2. The molecule has 0 saturated heterocycles. The molecule has 2 aliphatic carbocycles. The smallest absolute Gasteiger partial charge is 0.194 e. The zero-order chi connectivity index (χ0) is 23.9. The molecule has 0 amide bonds. The lowest BCUT2D eigenvalue weighted by Gasteiger charge is -2.27. The molecule has 5 rings (SSSR count). The van der Waals surface area contributed by atoms with E-state index in [-0.39, 0.29) is 17.0 Å². The van der Waals surface area contributed by atoms with E-state index in [4.69, 9.17) is 0 Å². The van der Waals surface area contributed by atoms with Gasteiger partial charge in [0.05, 0.1) is 0 Å². The summed E-state index contributed by atoms with van der Waals surface area (Å²) in [6.07, 6.45) is 8.12. The van der Waals surface area contributed by atoms with E-state index in [9.17, 15) is 9.59 Å². The normalized spacial score (nSPS) is 17.9. The Kier molecular flexibility index (Phi) is 5.37. The highest BCUT2D eigenvalue weighted by molar-refractivity contribution is 6.33. The van der Waals surface area contributed by atoms with Crippen LogP contribution in [0.15, 0.2) is 109 Å². The lowest BCUT2D eigenvalue weighted by molar-refractivity contribution is 0.101. The molecule has 0 aromatic heterocycles. The Bertz CT molecular complexity index is 1440. The predicted molar refractivity (Wildman–Crippen MR) is 139 cm³/mol. The zero-order valence-electron chi connectivity index (χ0n) is 19.6. The molecule has 0 heterocycles. The molecule has 0 atom stereocenters. The molecule has 0 unspecified atom stereocenters. The maximum atomic E-state index is 13.3. The standard InChI is InChI=1S/C32H26O2/c1-32(2,3)29-20-23(25-14-8-10-16-27(25)31(29)34)18-17-22-19-28(21-11-5-4-6-12-21)30(33)26-15-9-7-13-24(22)26/h4-20H,1-3H3. The van der Waals surface area contributed by atoms with Gasteiger partial charge in [0, 0.05) is 22.3 Å². The van der Waals surface area contributed by atoms with Crippen LogP contribution in [0, 0.1) is 5.41 Å². The summed E-state index contributed by atoms with van der Waals surface area (Å²) in [6, 6.07) is 25.3. The average Bonchev–Trinajstić information content (AvgIpc) is 2.85. The number of hydrogen-bond acceptors (Lipinski definition) is 2. The molecule has 0 N–H and O–H groups in total. The van der Waals surface area contributed by atoms with Crippen molar-refractivity contribution in [2.75, 3.05) is 0 Å². The molecular formula is C32H26O2. The fourth-order valence-electron chi connectivity index (χ4n) is 4.60. The van der Waals surface area contributed by atoms with Crippen LogP contribution in [0.1, 0.15) is 58.2 Å². The molecule has 2 nitrogen and oxygen atoms in total. The van der Waals surface area contributed by atoms with Gasteiger partial charge >= 0.3 is 0 Å². The summed E-state index contributed by atoms with van der Waals surface area (Å²) >= 11 is 0. The predicted octanol–water partition coefficient (Wildman–Crippen LogP) is 7.60. The van der Waals surface area contributed by atoms with E-state index in [0.717, 1.165) is 39.0 Å². The lowest BCUT2D eigenvalue weighted by atomic mass is 9.75. The quantitative estimate of drug-likeness (QED) is 0.409. The van der Waals surface area contributed by atoms with Gasteiger partial charge < -0.3 is 0 Å². The molecule has 34 heavy (non-hydrogen) atoms. The third-order valence-electron chi connectivity index (χ3n) is 6.39. The van der Waals surface area contributed by atoms with Gasteiger partial charge in [-0.3, -0.25) is 9.59 Å². The first-order chi connectivity index (χ1) is 16.3. The number of rotatable bonds is 2. The minimum absolute atomic E-state index is 0.0372. The van der Waals surface area contributed by atoms with Gasteiger partial charge in [0.2, 0.25) is 0 Å². The van der Waals surface area contributed by atoms with E-state index in [1.54, 1.807) is 0 Å². The van der Waals surface area contributed by atoms with Gasteiger partial charge in [0.1, 0.15) is 0 Å². The molecule has 2 aliphatic rings. The topological polar surface area (TPSA) is 34.1 Å². The Hall–Kier alpha value is -4.04. The van der Waals surface area contributed by atoms with Crippen LogP contribution < -0.4 is 0 Å². The molecule has 0 spiro atoms. The Morgan fingerprint density at radius 1 is 0.559 bits per heavy atom. The van der Waals surface area contributed by atoms with E-state index < -0.39 is 0 Å². The summed E-state index contributed by atoms with van der Waals surface area (Å²) in [7, 11) is 0. The van der Waals surface area contributed by atoms with Crippen molar-refractivity contribution in [1.29, 1.82) is 0 Å². The molecular weight excluding hydrogens is 416 g/mol. The number of Topliss-reactive ketones (excluding diaryl/α,β-unsaturated/α-hetero) is 2. The number of ketones is 2. The van der Waals surface area contributed by atoms with Gasteiger partial charge in [-0.25, -0.2) is 0 Å². The van der Waals surface area contributed by atoms with Crippen LogP contribution in [0.5, 0.6) is 0 Å². The van der Waals surface area contributed by atoms with Crippen molar-refractivity contribution in [3.63, 3.8) is 0 Å². The summed E-state index contributed by atoms with van der Waals surface area (Å²) < 4.78 is 0. The molecule has 0 radical (unpaired) electrons. The number of carbonyl (C=O) groups excluding carboxylic acids is 2. The van der Waals surface area contributed by atoms with Gasteiger partial charge in [0.15, 0.2) is 11.6 Å². The van der Waals surface area contributed by atoms with Crippen molar-refractivity contribution >= 4 is 28.3 Å². The summed E-state index contributed by atoms with van der Waals surface area (Å²) in [4.78, 5) is 26.4. The van der Waals surface area contributed by atoms with Gasteiger partial charge in [-0.2, -0.15) is 0 Å². The van der Waals surface area contributed by atoms with Crippen LogP contribution in [0.2, 0.25) is 0 Å². The summed E-state index contributed by atoms with van der Waals surface area (Å²) in [5.74, 6) is 0.128. The third kappa shape index (κ3) is 3.82. The second-order valence-electron chi connectivity index (χ2n) is 9.73. The Balaban J connectivity index is 1.69. The first kappa shape index (κ1) is 21.8. The van der Waals surface area contributed by atoms with Crippen molar-refractivity contribution in [1.82, 2.24) is 0 Å². The molecule has 0 aliphatic heterocycles. The van der Waals surface area contributed by atoms with Gasteiger partial charge in [-0.15, -0.1) is 0 Å².